The van der Waals surface area contributed by atoms with Crippen LogP contribution in [0.1, 0.15) is 5.56 Å². The molecule has 0 saturated heterocycles. The maximum atomic E-state index is 11.3. The first kappa shape index (κ1) is 10.2. The summed E-state index contributed by atoms with van der Waals surface area (Å²) in [5, 5.41) is 3.63. The standard InChI is InChI=1S/C11H11N3O2/c1-16-8-4-2-7(3-5-8)6-9-10(12)13-14-11(9)15/h2-6H,1H3,(H2,12,13)(H,14,15)/b9-6-. The first-order valence-electron chi connectivity index (χ1n) is 4.70. The first-order valence-corrected chi connectivity index (χ1v) is 4.70. The molecule has 1 amide bonds. The molecule has 0 fully saturated rings. The number of amides is 1. The maximum absolute atomic E-state index is 11.3. The van der Waals surface area contributed by atoms with Gasteiger partial charge in [-0.15, -0.1) is 0 Å². The lowest BCUT2D eigenvalue weighted by Crippen LogP contribution is -2.16. The molecule has 82 valence electrons. The summed E-state index contributed by atoms with van der Waals surface area (Å²) in [5.41, 5.74) is 9.09. The van der Waals surface area contributed by atoms with E-state index in [9.17, 15) is 4.79 Å². The molecule has 1 aromatic carbocycles. The van der Waals surface area contributed by atoms with E-state index in [-0.39, 0.29) is 11.7 Å². The van der Waals surface area contributed by atoms with E-state index in [2.05, 4.69) is 10.5 Å². The van der Waals surface area contributed by atoms with Crippen LogP contribution in [0.25, 0.3) is 6.08 Å². The van der Waals surface area contributed by atoms with E-state index in [1.54, 1.807) is 13.2 Å². The minimum atomic E-state index is -0.284. The molecular weight excluding hydrogens is 206 g/mol. The zero-order valence-corrected chi connectivity index (χ0v) is 8.73. The second-order valence-electron chi connectivity index (χ2n) is 3.27. The van der Waals surface area contributed by atoms with Gasteiger partial charge in [-0.1, -0.05) is 12.1 Å². The van der Waals surface area contributed by atoms with Gasteiger partial charge in [0.1, 0.15) is 5.75 Å². The van der Waals surface area contributed by atoms with Crippen molar-refractivity contribution in [1.82, 2.24) is 5.43 Å². The molecule has 1 aliphatic heterocycles. The van der Waals surface area contributed by atoms with Crippen LogP contribution in [0.4, 0.5) is 0 Å². The molecule has 3 N–H and O–H groups in total. The third-order valence-electron chi connectivity index (χ3n) is 2.23. The first-order chi connectivity index (χ1) is 7.70. The zero-order valence-electron chi connectivity index (χ0n) is 8.73. The Bertz CT molecular complexity index is 475. The molecule has 16 heavy (non-hydrogen) atoms. The number of amidine groups is 1. The van der Waals surface area contributed by atoms with Gasteiger partial charge in [0.2, 0.25) is 0 Å². The molecule has 0 aliphatic carbocycles. The minimum Gasteiger partial charge on any atom is -0.497 e. The van der Waals surface area contributed by atoms with Crippen molar-refractivity contribution in [1.29, 1.82) is 0 Å². The monoisotopic (exact) mass is 217 g/mol. The smallest absolute Gasteiger partial charge is 0.275 e. The molecule has 5 heteroatoms. The highest BCUT2D eigenvalue weighted by molar-refractivity contribution is 6.26. The fourth-order valence-corrected chi connectivity index (χ4v) is 1.35. The molecule has 0 spiro atoms. The predicted molar refractivity (Wildman–Crippen MR) is 60.7 cm³/mol. The Morgan fingerprint density at radius 1 is 1.38 bits per heavy atom. The normalized spacial score (nSPS) is 17.2. The van der Waals surface area contributed by atoms with Gasteiger partial charge in [0.05, 0.1) is 12.7 Å². The quantitative estimate of drug-likeness (QED) is 0.707. The number of carbonyl (C=O) groups excluding carboxylic acids is 1. The number of hydrogen-bond donors (Lipinski definition) is 2. The van der Waals surface area contributed by atoms with Crippen molar-refractivity contribution in [2.75, 3.05) is 7.11 Å². The molecule has 2 rings (SSSR count). The maximum Gasteiger partial charge on any atom is 0.275 e. The van der Waals surface area contributed by atoms with Gasteiger partial charge in [-0.3, -0.25) is 4.79 Å². The van der Waals surface area contributed by atoms with Crippen LogP contribution < -0.4 is 15.9 Å². The molecule has 1 heterocycles. The van der Waals surface area contributed by atoms with Gasteiger partial charge in [0.25, 0.3) is 5.91 Å². The fourth-order valence-electron chi connectivity index (χ4n) is 1.35. The average molecular weight is 217 g/mol. The highest BCUT2D eigenvalue weighted by Gasteiger charge is 2.19. The number of ether oxygens (including phenoxy) is 1. The lowest BCUT2D eigenvalue weighted by molar-refractivity contribution is -0.116. The molecule has 0 saturated carbocycles. The number of carbonyl (C=O) groups is 1. The van der Waals surface area contributed by atoms with E-state index in [1.807, 2.05) is 24.3 Å². The Morgan fingerprint density at radius 3 is 2.56 bits per heavy atom. The Morgan fingerprint density at radius 2 is 2.06 bits per heavy atom. The van der Waals surface area contributed by atoms with Gasteiger partial charge in [-0.05, 0) is 23.8 Å². The van der Waals surface area contributed by atoms with Gasteiger partial charge in [-0.25, -0.2) is 5.43 Å². The minimum absolute atomic E-state index is 0.209. The van der Waals surface area contributed by atoms with Crippen molar-refractivity contribution in [2.24, 2.45) is 10.8 Å². The molecule has 0 bridgehead atoms. The lowest BCUT2D eigenvalue weighted by Gasteiger charge is -2.00. The summed E-state index contributed by atoms with van der Waals surface area (Å²) >= 11 is 0. The van der Waals surface area contributed by atoms with E-state index in [1.165, 1.54) is 0 Å². The van der Waals surface area contributed by atoms with Crippen molar-refractivity contribution in [3.05, 3.63) is 35.4 Å². The van der Waals surface area contributed by atoms with Gasteiger partial charge in [0, 0.05) is 0 Å². The lowest BCUT2D eigenvalue weighted by atomic mass is 10.1. The molecular formula is C11H11N3O2. The van der Waals surface area contributed by atoms with Crippen molar-refractivity contribution in [2.45, 2.75) is 0 Å². The van der Waals surface area contributed by atoms with Crippen LogP contribution >= 0.6 is 0 Å². The van der Waals surface area contributed by atoms with Gasteiger partial charge in [0.15, 0.2) is 5.84 Å². The molecule has 1 aliphatic rings. The van der Waals surface area contributed by atoms with E-state index in [0.717, 1.165) is 11.3 Å². The van der Waals surface area contributed by atoms with Crippen LogP contribution in [0.15, 0.2) is 34.9 Å². The molecule has 1 aromatic rings. The van der Waals surface area contributed by atoms with E-state index >= 15 is 0 Å². The van der Waals surface area contributed by atoms with Crippen LogP contribution in [0.2, 0.25) is 0 Å². The number of nitrogens with one attached hydrogen (secondary N) is 1. The Balaban J connectivity index is 2.28. The van der Waals surface area contributed by atoms with Gasteiger partial charge < -0.3 is 10.5 Å². The third-order valence-corrected chi connectivity index (χ3v) is 2.23. The zero-order chi connectivity index (χ0) is 11.5. The van der Waals surface area contributed by atoms with E-state index in [0.29, 0.717) is 5.57 Å². The second kappa shape index (κ2) is 4.06. The third kappa shape index (κ3) is 1.88. The molecule has 0 radical (unpaired) electrons. The largest absolute Gasteiger partial charge is 0.497 e. The predicted octanol–water partition coefficient (Wildman–Crippen LogP) is 0.481. The topological polar surface area (TPSA) is 76.7 Å². The number of nitrogens with zero attached hydrogens (tertiary/aromatic N) is 1. The summed E-state index contributed by atoms with van der Waals surface area (Å²) in [6.07, 6.45) is 1.68. The van der Waals surface area contributed by atoms with Crippen LogP contribution in [-0.4, -0.2) is 18.9 Å². The number of hydrazone groups is 1. The van der Waals surface area contributed by atoms with Crippen molar-refractivity contribution < 1.29 is 9.53 Å². The Labute approximate surface area is 92.6 Å². The van der Waals surface area contributed by atoms with Crippen LogP contribution in [0.3, 0.4) is 0 Å². The number of nitrogens with two attached hydrogens (primary N) is 1. The Kier molecular flexibility index (Phi) is 2.59. The van der Waals surface area contributed by atoms with Crippen molar-refractivity contribution >= 4 is 17.8 Å². The summed E-state index contributed by atoms with van der Waals surface area (Å²) in [6.45, 7) is 0. The van der Waals surface area contributed by atoms with E-state index < -0.39 is 0 Å². The summed E-state index contributed by atoms with van der Waals surface area (Å²) in [6, 6.07) is 7.30. The SMILES string of the molecule is COc1ccc(/C=C2\C(=O)NN=C2N)cc1. The molecule has 5 nitrogen and oxygen atoms in total. The summed E-state index contributed by atoms with van der Waals surface area (Å²) in [4.78, 5) is 11.3. The van der Waals surface area contributed by atoms with Crippen molar-refractivity contribution in [3.8, 4) is 5.75 Å². The highest BCUT2D eigenvalue weighted by atomic mass is 16.5. The van der Waals surface area contributed by atoms with E-state index in [4.69, 9.17) is 10.5 Å². The number of methoxy groups -OCH3 is 1. The van der Waals surface area contributed by atoms with Gasteiger partial charge in [-0.2, -0.15) is 5.10 Å². The number of rotatable bonds is 2. The molecule has 0 unspecified atom stereocenters. The summed E-state index contributed by atoms with van der Waals surface area (Å²) < 4.78 is 5.03. The van der Waals surface area contributed by atoms with Crippen LogP contribution in [0, 0.1) is 0 Å². The molecule has 0 aromatic heterocycles. The van der Waals surface area contributed by atoms with Gasteiger partial charge >= 0.3 is 0 Å². The Hall–Kier alpha value is -2.30. The average Bonchev–Trinajstić information content (AvgIpc) is 2.62. The second-order valence-corrected chi connectivity index (χ2v) is 3.27. The number of hydrogen-bond acceptors (Lipinski definition) is 4. The van der Waals surface area contributed by atoms with Crippen LogP contribution in [-0.2, 0) is 4.79 Å². The van der Waals surface area contributed by atoms with Crippen LogP contribution in [0.5, 0.6) is 5.75 Å². The molecule has 0 atom stereocenters. The highest BCUT2D eigenvalue weighted by Crippen LogP contribution is 2.15. The fraction of sp³-hybridized carbons (Fsp3) is 0.0909. The van der Waals surface area contributed by atoms with Crippen molar-refractivity contribution in [3.63, 3.8) is 0 Å². The summed E-state index contributed by atoms with van der Waals surface area (Å²) in [5.74, 6) is 0.689. The number of benzene rings is 1. The summed E-state index contributed by atoms with van der Waals surface area (Å²) in [7, 11) is 1.60.